The van der Waals surface area contributed by atoms with Gasteiger partial charge in [-0.25, -0.2) is 15.0 Å². The third-order valence-electron chi connectivity index (χ3n) is 1.52. The maximum Gasteiger partial charge on any atom is 0.153 e. The lowest BCUT2D eigenvalue weighted by Crippen LogP contribution is -1.96. The van der Waals surface area contributed by atoms with Crippen LogP contribution in [0.3, 0.4) is 0 Å². The first kappa shape index (κ1) is 6.78. The average Bonchev–Trinajstić information content (AvgIpc) is 2.04. The van der Waals surface area contributed by atoms with Gasteiger partial charge in [-0.05, 0) is 6.07 Å². The van der Waals surface area contributed by atoms with Gasteiger partial charge in [-0.2, -0.15) is 0 Å². The van der Waals surface area contributed by atoms with Crippen LogP contribution in [0.1, 0.15) is 0 Å². The fraction of sp³-hybridized carbons (Fsp3) is 0. The average molecular weight is 161 g/mol. The molecule has 2 heterocycles. The second-order valence-corrected chi connectivity index (χ2v) is 2.40. The second kappa shape index (κ2) is 2.30. The van der Waals surface area contributed by atoms with Crippen molar-refractivity contribution in [3.8, 4) is 0 Å². The summed E-state index contributed by atoms with van der Waals surface area (Å²) in [6.07, 6.45) is 2.92. The zero-order chi connectivity index (χ0) is 8.55. The Morgan fingerprint density at radius 3 is 2.75 bits per heavy atom. The molecular formula is C7H7N5. The van der Waals surface area contributed by atoms with Gasteiger partial charge >= 0.3 is 0 Å². The molecule has 0 aromatic carbocycles. The maximum absolute atomic E-state index is 5.55. The van der Waals surface area contributed by atoms with Gasteiger partial charge in [-0.3, -0.25) is 0 Å². The molecule has 0 unspecified atom stereocenters. The van der Waals surface area contributed by atoms with Gasteiger partial charge in [0.2, 0.25) is 0 Å². The quantitative estimate of drug-likeness (QED) is 0.575. The third-order valence-corrected chi connectivity index (χ3v) is 1.52. The standard InChI is InChI=1S/C7H7N5/c8-4-1-5-6(10-2-4)7(9)12-3-11-5/h1-3H,8H2,(H2,9,11,12). The Morgan fingerprint density at radius 1 is 1.08 bits per heavy atom. The minimum atomic E-state index is 0.375. The molecular weight excluding hydrogens is 154 g/mol. The van der Waals surface area contributed by atoms with Crippen molar-refractivity contribution in [2.45, 2.75) is 0 Å². The lowest BCUT2D eigenvalue weighted by atomic mass is 10.3. The van der Waals surface area contributed by atoms with E-state index in [1.165, 1.54) is 12.5 Å². The molecule has 60 valence electrons. The van der Waals surface area contributed by atoms with E-state index in [0.717, 1.165) is 0 Å². The Hall–Kier alpha value is -1.91. The molecule has 0 aliphatic rings. The number of aromatic nitrogens is 3. The zero-order valence-corrected chi connectivity index (χ0v) is 6.23. The summed E-state index contributed by atoms with van der Waals surface area (Å²) in [5, 5.41) is 0. The van der Waals surface area contributed by atoms with Crippen molar-refractivity contribution in [1.29, 1.82) is 0 Å². The van der Waals surface area contributed by atoms with Crippen LogP contribution in [0.25, 0.3) is 11.0 Å². The van der Waals surface area contributed by atoms with Gasteiger partial charge in [0.25, 0.3) is 0 Å². The van der Waals surface area contributed by atoms with Crippen LogP contribution >= 0.6 is 0 Å². The number of rotatable bonds is 0. The summed E-state index contributed by atoms with van der Waals surface area (Å²) in [5.41, 5.74) is 12.9. The predicted octanol–water partition coefficient (Wildman–Crippen LogP) is 0.189. The van der Waals surface area contributed by atoms with Gasteiger partial charge in [0.05, 0.1) is 17.4 Å². The van der Waals surface area contributed by atoms with Crippen LogP contribution in [0.2, 0.25) is 0 Å². The van der Waals surface area contributed by atoms with E-state index >= 15 is 0 Å². The lowest BCUT2D eigenvalue weighted by Gasteiger charge is -1.98. The summed E-state index contributed by atoms with van der Waals surface area (Å²) in [7, 11) is 0. The summed E-state index contributed by atoms with van der Waals surface area (Å²) in [5.74, 6) is 0.375. The molecule has 2 aromatic rings. The number of nitrogen functional groups attached to an aromatic ring is 2. The fourth-order valence-electron chi connectivity index (χ4n) is 0.979. The molecule has 0 atom stereocenters. The number of hydrogen-bond acceptors (Lipinski definition) is 5. The van der Waals surface area contributed by atoms with Crippen LogP contribution in [0.4, 0.5) is 11.5 Å². The van der Waals surface area contributed by atoms with E-state index in [4.69, 9.17) is 11.5 Å². The topological polar surface area (TPSA) is 90.7 Å². The minimum Gasteiger partial charge on any atom is -0.397 e. The molecule has 0 aliphatic heterocycles. The summed E-state index contributed by atoms with van der Waals surface area (Å²) >= 11 is 0. The van der Waals surface area contributed by atoms with Crippen molar-refractivity contribution in [1.82, 2.24) is 15.0 Å². The van der Waals surface area contributed by atoms with Gasteiger partial charge in [0, 0.05) is 0 Å². The molecule has 2 rings (SSSR count). The van der Waals surface area contributed by atoms with Crippen LogP contribution in [0.15, 0.2) is 18.6 Å². The molecule has 5 nitrogen and oxygen atoms in total. The molecule has 0 radical (unpaired) electrons. The van der Waals surface area contributed by atoms with Gasteiger partial charge < -0.3 is 11.5 Å². The van der Waals surface area contributed by atoms with Gasteiger partial charge in [-0.15, -0.1) is 0 Å². The highest BCUT2D eigenvalue weighted by Gasteiger charge is 2.00. The summed E-state index contributed by atoms with van der Waals surface area (Å²) in [6.45, 7) is 0. The van der Waals surface area contributed by atoms with Crippen LogP contribution < -0.4 is 11.5 Å². The molecule has 0 spiro atoms. The smallest absolute Gasteiger partial charge is 0.153 e. The SMILES string of the molecule is Nc1cnc2c(N)ncnc2c1. The fourth-order valence-corrected chi connectivity index (χ4v) is 0.979. The first-order valence-electron chi connectivity index (χ1n) is 3.39. The Balaban J connectivity index is 2.86. The molecule has 0 bridgehead atoms. The second-order valence-electron chi connectivity index (χ2n) is 2.40. The van der Waals surface area contributed by atoms with Crippen molar-refractivity contribution in [3.05, 3.63) is 18.6 Å². The van der Waals surface area contributed by atoms with Crippen LogP contribution in [-0.4, -0.2) is 15.0 Å². The maximum atomic E-state index is 5.55. The molecule has 0 saturated heterocycles. The highest BCUT2D eigenvalue weighted by Crippen LogP contribution is 2.14. The van der Waals surface area contributed by atoms with Crippen molar-refractivity contribution in [2.24, 2.45) is 0 Å². The van der Waals surface area contributed by atoms with Crippen LogP contribution in [-0.2, 0) is 0 Å². The number of anilines is 2. The first-order valence-corrected chi connectivity index (χ1v) is 3.39. The number of nitrogens with zero attached hydrogens (tertiary/aromatic N) is 3. The van der Waals surface area contributed by atoms with Gasteiger partial charge in [0.1, 0.15) is 11.8 Å². The number of pyridine rings is 1. The van der Waals surface area contributed by atoms with Gasteiger partial charge in [0.15, 0.2) is 5.82 Å². The zero-order valence-electron chi connectivity index (χ0n) is 6.23. The molecule has 12 heavy (non-hydrogen) atoms. The van der Waals surface area contributed by atoms with E-state index in [2.05, 4.69) is 15.0 Å². The monoisotopic (exact) mass is 161 g/mol. The van der Waals surface area contributed by atoms with E-state index in [1.54, 1.807) is 6.07 Å². The predicted molar refractivity (Wildman–Crippen MR) is 46.2 cm³/mol. The number of nitrogens with two attached hydrogens (primary N) is 2. The largest absolute Gasteiger partial charge is 0.397 e. The van der Waals surface area contributed by atoms with Crippen molar-refractivity contribution < 1.29 is 0 Å². The molecule has 0 amide bonds. The Morgan fingerprint density at radius 2 is 1.92 bits per heavy atom. The molecule has 4 N–H and O–H groups in total. The molecule has 0 fully saturated rings. The lowest BCUT2D eigenvalue weighted by molar-refractivity contribution is 1.21. The van der Waals surface area contributed by atoms with Crippen molar-refractivity contribution in [3.63, 3.8) is 0 Å². The Bertz CT molecular complexity index is 425. The van der Waals surface area contributed by atoms with Crippen LogP contribution in [0, 0.1) is 0 Å². The normalized spacial score (nSPS) is 10.3. The highest BCUT2D eigenvalue weighted by molar-refractivity contribution is 5.85. The van der Waals surface area contributed by atoms with E-state index in [9.17, 15) is 0 Å². The first-order chi connectivity index (χ1) is 5.77. The molecule has 0 saturated carbocycles. The number of fused-ring (bicyclic) bond motifs is 1. The summed E-state index contributed by atoms with van der Waals surface area (Å²) in [6, 6.07) is 1.71. The van der Waals surface area contributed by atoms with E-state index in [-0.39, 0.29) is 0 Å². The summed E-state index contributed by atoms with van der Waals surface area (Å²) in [4.78, 5) is 11.8. The van der Waals surface area contributed by atoms with Crippen molar-refractivity contribution >= 4 is 22.5 Å². The highest BCUT2D eigenvalue weighted by atomic mass is 14.9. The third kappa shape index (κ3) is 0.914. The number of hydrogen-bond donors (Lipinski definition) is 2. The van der Waals surface area contributed by atoms with Crippen LogP contribution in [0.5, 0.6) is 0 Å². The molecule has 0 aliphatic carbocycles. The van der Waals surface area contributed by atoms with Crippen molar-refractivity contribution in [2.75, 3.05) is 11.5 Å². The Kier molecular flexibility index (Phi) is 1.30. The molecule has 5 heteroatoms. The van der Waals surface area contributed by atoms with E-state index < -0.39 is 0 Å². The van der Waals surface area contributed by atoms with E-state index in [0.29, 0.717) is 22.5 Å². The Labute approximate surface area is 68.5 Å². The van der Waals surface area contributed by atoms with E-state index in [1.807, 2.05) is 0 Å². The minimum absolute atomic E-state index is 0.375. The summed E-state index contributed by atoms with van der Waals surface area (Å²) < 4.78 is 0. The van der Waals surface area contributed by atoms with Gasteiger partial charge in [-0.1, -0.05) is 0 Å². The molecule has 2 aromatic heterocycles.